The van der Waals surface area contributed by atoms with E-state index in [1.54, 1.807) is 20.5 Å². The zero-order valence-electron chi connectivity index (χ0n) is 14.5. The van der Waals surface area contributed by atoms with Gasteiger partial charge < -0.3 is 19.2 Å². The van der Waals surface area contributed by atoms with E-state index < -0.39 is 0 Å². The van der Waals surface area contributed by atoms with Crippen molar-refractivity contribution in [3.05, 3.63) is 47.9 Å². The monoisotopic (exact) mass is 317 g/mol. The molecule has 0 aliphatic rings. The van der Waals surface area contributed by atoms with E-state index in [2.05, 4.69) is 31.3 Å². The molecule has 0 saturated carbocycles. The van der Waals surface area contributed by atoms with Gasteiger partial charge in [-0.25, -0.2) is 0 Å². The minimum Gasteiger partial charge on any atom is -0.493 e. The van der Waals surface area contributed by atoms with Crippen LogP contribution in [-0.2, 0) is 6.54 Å². The molecule has 0 saturated heterocycles. The van der Waals surface area contributed by atoms with E-state index >= 15 is 0 Å². The van der Waals surface area contributed by atoms with Gasteiger partial charge in [-0.3, -0.25) is 0 Å². The lowest BCUT2D eigenvalue weighted by molar-refractivity contribution is 0.354. The predicted octanol–water partition coefficient (Wildman–Crippen LogP) is 4.22. The molecule has 1 heterocycles. The van der Waals surface area contributed by atoms with Crippen LogP contribution in [0.4, 0.5) is 0 Å². The number of benzene rings is 1. The Hall–Kier alpha value is -1.94. The van der Waals surface area contributed by atoms with E-state index in [1.807, 2.05) is 18.2 Å². The normalized spacial score (nSPS) is 12.4. The Labute approximate surface area is 138 Å². The fraction of sp³-hybridized carbons (Fsp3) is 0.474. The fourth-order valence-electron chi connectivity index (χ4n) is 2.79. The maximum Gasteiger partial charge on any atom is 0.161 e. The summed E-state index contributed by atoms with van der Waals surface area (Å²) in [5.74, 6) is 3.61. The van der Waals surface area contributed by atoms with Gasteiger partial charge in [-0.15, -0.1) is 0 Å². The highest BCUT2D eigenvalue weighted by molar-refractivity contribution is 5.42. The molecular formula is C19H27NO3. The van der Waals surface area contributed by atoms with Crippen molar-refractivity contribution in [2.24, 2.45) is 5.92 Å². The number of nitrogens with one attached hydrogen (secondary N) is 1. The van der Waals surface area contributed by atoms with Crippen LogP contribution in [0.1, 0.15) is 37.5 Å². The van der Waals surface area contributed by atoms with E-state index in [0.29, 0.717) is 11.8 Å². The average Bonchev–Trinajstić information content (AvgIpc) is 3.08. The van der Waals surface area contributed by atoms with Crippen molar-refractivity contribution in [2.75, 3.05) is 20.8 Å². The Balaban J connectivity index is 1.85. The van der Waals surface area contributed by atoms with E-state index in [4.69, 9.17) is 13.9 Å². The van der Waals surface area contributed by atoms with E-state index in [0.717, 1.165) is 36.8 Å². The molecule has 0 spiro atoms. The molecule has 4 heteroatoms. The van der Waals surface area contributed by atoms with Crippen LogP contribution in [-0.4, -0.2) is 20.8 Å². The van der Waals surface area contributed by atoms with E-state index in [1.165, 1.54) is 5.56 Å². The number of hydrogen-bond donors (Lipinski definition) is 1. The Kier molecular flexibility index (Phi) is 6.53. The van der Waals surface area contributed by atoms with E-state index in [9.17, 15) is 0 Å². The second kappa shape index (κ2) is 8.63. The minimum absolute atomic E-state index is 0.447. The van der Waals surface area contributed by atoms with Gasteiger partial charge >= 0.3 is 0 Å². The zero-order chi connectivity index (χ0) is 16.7. The molecule has 23 heavy (non-hydrogen) atoms. The number of methoxy groups -OCH3 is 2. The summed E-state index contributed by atoms with van der Waals surface area (Å²) in [4.78, 5) is 0. The summed E-state index contributed by atoms with van der Waals surface area (Å²) in [5.41, 5.74) is 1.18. The lowest BCUT2D eigenvalue weighted by atomic mass is 9.90. The molecule has 0 fully saturated rings. The quantitative estimate of drug-likeness (QED) is 0.703. The molecular weight excluding hydrogens is 290 g/mol. The van der Waals surface area contributed by atoms with Gasteiger partial charge in [-0.05, 0) is 48.7 Å². The zero-order valence-corrected chi connectivity index (χ0v) is 14.5. The standard InChI is InChI=1S/C19H27NO3/c1-14(2)16(17-6-5-11-23-17)9-10-20-13-15-7-8-18(21-3)19(12-15)22-4/h5-8,11-12,14,16,20H,9-10,13H2,1-4H3/t16-/m0/s1. The maximum atomic E-state index is 5.57. The van der Waals surface area contributed by atoms with Gasteiger partial charge in [0.25, 0.3) is 0 Å². The fourth-order valence-corrected chi connectivity index (χ4v) is 2.79. The third-order valence-electron chi connectivity index (χ3n) is 4.12. The molecule has 0 aliphatic heterocycles. The lowest BCUT2D eigenvalue weighted by Crippen LogP contribution is -2.19. The SMILES string of the molecule is COc1ccc(CNCC[C@H](c2ccco2)C(C)C)cc1OC. The first-order valence-corrected chi connectivity index (χ1v) is 8.10. The van der Waals surface area contributed by atoms with Crippen molar-refractivity contribution in [3.63, 3.8) is 0 Å². The summed E-state index contributed by atoms with van der Waals surface area (Å²) in [6.07, 6.45) is 2.81. The van der Waals surface area contributed by atoms with Crippen molar-refractivity contribution < 1.29 is 13.9 Å². The first-order valence-electron chi connectivity index (χ1n) is 8.10. The first-order chi connectivity index (χ1) is 11.2. The van der Waals surface area contributed by atoms with Crippen LogP contribution < -0.4 is 14.8 Å². The van der Waals surface area contributed by atoms with Crippen LogP contribution >= 0.6 is 0 Å². The van der Waals surface area contributed by atoms with Crippen molar-refractivity contribution >= 4 is 0 Å². The summed E-state index contributed by atoms with van der Waals surface area (Å²) >= 11 is 0. The third kappa shape index (κ3) is 4.76. The van der Waals surface area contributed by atoms with Crippen molar-refractivity contribution in [1.82, 2.24) is 5.32 Å². The molecule has 1 atom stereocenters. The molecule has 0 unspecified atom stereocenters. The first kappa shape index (κ1) is 17.4. The van der Waals surface area contributed by atoms with Gasteiger partial charge in [0.05, 0.1) is 20.5 Å². The van der Waals surface area contributed by atoms with Crippen LogP contribution in [0, 0.1) is 5.92 Å². The van der Waals surface area contributed by atoms with Crippen LogP contribution in [0.25, 0.3) is 0 Å². The van der Waals surface area contributed by atoms with Gasteiger partial charge in [0.15, 0.2) is 11.5 Å². The molecule has 0 bridgehead atoms. The van der Waals surface area contributed by atoms with Gasteiger partial charge in [-0.1, -0.05) is 19.9 Å². The van der Waals surface area contributed by atoms with Crippen LogP contribution in [0.2, 0.25) is 0 Å². The van der Waals surface area contributed by atoms with Gasteiger partial charge in [0.2, 0.25) is 0 Å². The number of furan rings is 1. The lowest BCUT2D eigenvalue weighted by Gasteiger charge is -2.19. The smallest absolute Gasteiger partial charge is 0.161 e. The molecule has 1 aromatic carbocycles. The summed E-state index contributed by atoms with van der Waals surface area (Å²) in [6.45, 7) is 6.23. The molecule has 126 valence electrons. The minimum atomic E-state index is 0.447. The third-order valence-corrected chi connectivity index (χ3v) is 4.12. The summed E-state index contributed by atoms with van der Waals surface area (Å²) in [5, 5.41) is 3.50. The van der Waals surface area contributed by atoms with Crippen LogP contribution in [0.5, 0.6) is 11.5 Å². The Morgan fingerprint density at radius 1 is 1.09 bits per heavy atom. The molecule has 0 aliphatic carbocycles. The highest BCUT2D eigenvalue weighted by atomic mass is 16.5. The van der Waals surface area contributed by atoms with Gasteiger partial charge in [-0.2, -0.15) is 0 Å². The molecule has 2 aromatic rings. The molecule has 0 amide bonds. The average molecular weight is 317 g/mol. The second-order valence-corrected chi connectivity index (χ2v) is 6.02. The number of ether oxygens (including phenoxy) is 2. The Morgan fingerprint density at radius 3 is 2.48 bits per heavy atom. The largest absolute Gasteiger partial charge is 0.493 e. The highest BCUT2D eigenvalue weighted by Gasteiger charge is 2.17. The second-order valence-electron chi connectivity index (χ2n) is 6.02. The summed E-state index contributed by atoms with van der Waals surface area (Å²) in [6, 6.07) is 10.0. The van der Waals surface area contributed by atoms with Gasteiger partial charge in [0.1, 0.15) is 5.76 Å². The maximum absolute atomic E-state index is 5.57. The van der Waals surface area contributed by atoms with Crippen molar-refractivity contribution in [2.45, 2.75) is 32.7 Å². The number of hydrogen-bond acceptors (Lipinski definition) is 4. The summed E-state index contributed by atoms with van der Waals surface area (Å²) in [7, 11) is 3.31. The van der Waals surface area contributed by atoms with E-state index in [-0.39, 0.29) is 0 Å². The molecule has 2 rings (SSSR count). The number of rotatable bonds is 9. The predicted molar refractivity (Wildman–Crippen MR) is 92.2 cm³/mol. The van der Waals surface area contributed by atoms with Gasteiger partial charge in [0, 0.05) is 12.5 Å². The molecule has 1 aromatic heterocycles. The molecule has 1 N–H and O–H groups in total. The van der Waals surface area contributed by atoms with Crippen LogP contribution in [0.3, 0.4) is 0 Å². The van der Waals surface area contributed by atoms with Crippen LogP contribution in [0.15, 0.2) is 41.0 Å². The molecule has 4 nitrogen and oxygen atoms in total. The highest BCUT2D eigenvalue weighted by Crippen LogP contribution is 2.29. The summed E-state index contributed by atoms with van der Waals surface area (Å²) < 4.78 is 16.2. The van der Waals surface area contributed by atoms with Crippen molar-refractivity contribution in [1.29, 1.82) is 0 Å². The Morgan fingerprint density at radius 2 is 1.87 bits per heavy atom. The Bertz CT molecular complexity index is 578. The molecule has 0 radical (unpaired) electrons. The topological polar surface area (TPSA) is 43.6 Å². The van der Waals surface area contributed by atoms with Crippen molar-refractivity contribution in [3.8, 4) is 11.5 Å².